The van der Waals surface area contributed by atoms with E-state index in [-0.39, 0.29) is 12.4 Å². The first-order valence-corrected chi connectivity index (χ1v) is 5.97. The van der Waals surface area contributed by atoms with Crippen molar-refractivity contribution in [1.82, 2.24) is 15.5 Å². The van der Waals surface area contributed by atoms with Gasteiger partial charge in [-0.05, 0) is 24.6 Å². The molecule has 0 aliphatic rings. The first-order chi connectivity index (χ1) is 7.34. The molecule has 0 saturated carbocycles. The van der Waals surface area contributed by atoms with E-state index in [0.29, 0.717) is 0 Å². The van der Waals surface area contributed by atoms with E-state index in [1.54, 1.807) is 17.5 Å². The number of hydrogen-bond acceptors (Lipinski definition) is 3. The second-order valence-electron chi connectivity index (χ2n) is 3.21. The van der Waals surface area contributed by atoms with Crippen LogP contribution in [-0.2, 0) is 13.0 Å². The van der Waals surface area contributed by atoms with Crippen molar-refractivity contribution in [3.05, 3.63) is 39.3 Å². The number of rotatable bonds is 5. The number of halogens is 2. The summed E-state index contributed by atoms with van der Waals surface area (Å²) in [5.41, 5.74) is 1.11. The third kappa shape index (κ3) is 4.14. The number of aromatic amines is 1. The Morgan fingerprint density at radius 2 is 2.25 bits per heavy atom. The van der Waals surface area contributed by atoms with Crippen LogP contribution in [0, 0.1) is 0 Å². The summed E-state index contributed by atoms with van der Waals surface area (Å²) < 4.78 is 0.860. The predicted octanol–water partition coefficient (Wildman–Crippen LogP) is 2.88. The molecule has 0 spiro atoms. The van der Waals surface area contributed by atoms with Crippen molar-refractivity contribution in [3.63, 3.8) is 0 Å². The normalized spacial score (nSPS) is 10.1. The fraction of sp³-hybridized carbons (Fsp3) is 0.300. The zero-order chi connectivity index (χ0) is 10.5. The third-order valence-electron chi connectivity index (χ3n) is 2.05. The molecule has 0 bridgehead atoms. The van der Waals surface area contributed by atoms with Crippen LogP contribution in [0.5, 0.6) is 0 Å². The summed E-state index contributed by atoms with van der Waals surface area (Å²) in [5.74, 6) is 0. The topological polar surface area (TPSA) is 40.7 Å². The summed E-state index contributed by atoms with van der Waals surface area (Å²) in [4.78, 5) is 1.32. The Morgan fingerprint density at radius 1 is 1.38 bits per heavy atom. The van der Waals surface area contributed by atoms with Crippen LogP contribution in [0.4, 0.5) is 0 Å². The van der Waals surface area contributed by atoms with Crippen LogP contribution < -0.4 is 5.32 Å². The predicted molar refractivity (Wildman–Crippen MR) is 70.6 cm³/mol. The summed E-state index contributed by atoms with van der Waals surface area (Å²) in [6.45, 7) is 1.79. The van der Waals surface area contributed by atoms with Crippen LogP contribution in [0.2, 0.25) is 4.34 Å². The Hall–Kier alpha value is -0.550. The minimum absolute atomic E-state index is 0. The molecule has 2 heterocycles. The quantitative estimate of drug-likeness (QED) is 0.826. The van der Waals surface area contributed by atoms with E-state index in [1.807, 2.05) is 12.1 Å². The maximum absolute atomic E-state index is 5.84. The van der Waals surface area contributed by atoms with E-state index in [9.17, 15) is 0 Å². The van der Waals surface area contributed by atoms with Gasteiger partial charge in [0.2, 0.25) is 0 Å². The van der Waals surface area contributed by atoms with Crippen LogP contribution in [0.15, 0.2) is 24.4 Å². The molecule has 0 saturated heterocycles. The molecule has 2 aromatic rings. The van der Waals surface area contributed by atoms with Crippen molar-refractivity contribution >= 4 is 35.3 Å². The van der Waals surface area contributed by atoms with Gasteiger partial charge < -0.3 is 5.32 Å². The van der Waals surface area contributed by atoms with Gasteiger partial charge in [-0.1, -0.05) is 11.6 Å². The van der Waals surface area contributed by atoms with Crippen molar-refractivity contribution in [3.8, 4) is 0 Å². The molecule has 2 rings (SSSR count). The van der Waals surface area contributed by atoms with Crippen LogP contribution in [0.3, 0.4) is 0 Å². The molecule has 3 nitrogen and oxygen atoms in total. The molecular formula is C10H13Cl2N3S. The second-order valence-corrected chi connectivity index (χ2v) is 5.01. The molecule has 0 radical (unpaired) electrons. The van der Waals surface area contributed by atoms with E-state index >= 15 is 0 Å². The van der Waals surface area contributed by atoms with Gasteiger partial charge >= 0.3 is 0 Å². The number of hydrogen-bond donors (Lipinski definition) is 2. The largest absolute Gasteiger partial charge is 0.311 e. The number of nitrogens with one attached hydrogen (secondary N) is 2. The van der Waals surface area contributed by atoms with Gasteiger partial charge in [-0.3, -0.25) is 5.10 Å². The minimum atomic E-state index is 0. The lowest BCUT2D eigenvalue weighted by molar-refractivity contribution is 0.676. The highest BCUT2D eigenvalue weighted by Crippen LogP contribution is 2.21. The van der Waals surface area contributed by atoms with Crippen molar-refractivity contribution in [1.29, 1.82) is 0 Å². The van der Waals surface area contributed by atoms with E-state index in [2.05, 4.69) is 21.6 Å². The van der Waals surface area contributed by atoms with Gasteiger partial charge in [-0.25, -0.2) is 0 Å². The standard InChI is InChI=1S/C10H12ClN3S.ClH/c11-10-2-1-9(15-10)4-5-12-7-8-3-6-13-14-8;/h1-3,6,12H,4-5,7H2,(H,13,14);1H. The molecule has 0 fully saturated rings. The summed E-state index contributed by atoms with van der Waals surface area (Å²) in [6, 6.07) is 5.98. The molecule has 0 aliphatic heterocycles. The Balaban J connectivity index is 0.00000128. The molecule has 0 aromatic carbocycles. The highest BCUT2D eigenvalue weighted by atomic mass is 35.5. The van der Waals surface area contributed by atoms with Gasteiger partial charge in [0.1, 0.15) is 0 Å². The smallest absolute Gasteiger partial charge is 0.0931 e. The fourth-order valence-electron chi connectivity index (χ4n) is 1.30. The van der Waals surface area contributed by atoms with Crippen LogP contribution in [0.25, 0.3) is 0 Å². The first kappa shape index (κ1) is 13.5. The number of nitrogens with zero attached hydrogens (tertiary/aromatic N) is 1. The summed E-state index contributed by atoms with van der Waals surface area (Å²) in [6.07, 6.45) is 2.78. The lowest BCUT2D eigenvalue weighted by atomic mass is 10.3. The molecule has 16 heavy (non-hydrogen) atoms. The van der Waals surface area contributed by atoms with Crippen molar-refractivity contribution in [2.45, 2.75) is 13.0 Å². The van der Waals surface area contributed by atoms with E-state index < -0.39 is 0 Å². The molecule has 88 valence electrons. The first-order valence-electron chi connectivity index (χ1n) is 4.78. The molecule has 2 aromatic heterocycles. The van der Waals surface area contributed by atoms with E-state index in [4.69, 9.17) is 11.6 Å². The maximum atomic E-state index is 5.84. The van der Waals surface area contributed by atoms with Gasteiger partial charge in [0.15, 0.2) is 0 Å². The lowest BCUT2D eigenvalue weighted by Crippen LogP contribution is -2.16. The number of thiophene rings is 1. The third-order valence-corrected chi connectivity index (χ3v) is 3.34. The van der Waals surface area contributed by atoms with Gasteiger partial charge in [0.05, 0.1) is 4.34 Å². The van der Waals surface area contributed by atoms with E-state index in [1.165, 1.54) is 4.88 Å². The Kier molecular flexibility index (Phi) is 5.84. The molecule has 0 atom stereocenters. The lowest BCUT2D eigenvalue weighted by Gasteiger charge is -2.00. The Bertz CT molecular complexity index is 400. The highest BCUT2D eigenvalue weighted by molar-refractivity contribution is 7.16. The van der Waals surface area contributed by atoms with Gasteiger partial charge in [0, 0.05) is 29.9 Å². The van der Waals surface area contributed by atoms with Crippen molar-refractivity contribution in [2.24, 2.45) is 0 Å². The SMILES string of the molecule is Cl.Clc1ccc(CCNCc2ccn[nH]2)s1. The monoisotopic (exact) mass is 277 g/mol. The van der Waals surface area contributed by atoms with Crippen molar-refractivity contribution < 1.29 is 0 Å². The van der Waals surface area contributed by atoms with Crippen LogP contribution >= 0.6 is 35.3 Å². The van der Waals surface area contributed by atoms with Crippen molar-refractivity contribution in [2.75, 3.05) is 6.54 Å². The molecule has 0 amide bonds. The fourth-order valence-corrected chi connectivity index (χ4v) is 2.39. The summed E-state index contributed by atoms with van der Waals surface area (Å²) in [7, 11) is 0. The van der Waals surface area contributed by atoms with Crippen LogP contribution in [-0.4, -0.2) is 16.7 Å². The maximum Gasteiger partial charge on any atom is 0.0931 e. The Morgan fingerprint density at radius 3 is 2.88 bits per heavy atom. The summed E-state index contributed by atoms with van der Waals surface area (Å²) in [5, 5.41) is 10.1. The number of aromatic nitrogens is 2. The zero-order valence-electron chi connectivity index (χ0n) is 8.57. The minimum Gasteiger partial charge on any atom is -0.311 e. The number of H-pyrrole nitrogens is 1. The summed E-state index contributed by atoms with van der Waals surface area (Å²) >= 11 is 7.48. The van der Waals surface area contributed by atoms with Gasteiger partial charge in [-0.2, -0.15) is 5.10 Å². The highest BCUT2D eigenvalue weighted by Gasteiger charge is 1.98. The van der Waals surface area contributed by atoms with Crippen LogP contribution in [0.1, 0.15) is 10.6 Å². The van der Waals surface area contributed by atoms with E-state index in [0.717, 1.165) is 29.5 Å². The van der Waals surface area contributed by atoms with Gasteiger partial charge in [0.25, 0.3) is 0 Å². The Labute approximate surface area is 110 Å². The molecule has 6 heteroatoms. The molecule has 0 unspecified atom stereocenters. The molecular weight excluding hydrogens is 265 g/mol. The second kappa shape index (κ2) is 6.91. The zero-order valence-corrected chi connectivity index (χ0v) is 11.0. The average molecular weight is 278 g/mol. The van der Waals surface area contributed by atoms with Gasteiger partial charge in [-0.15, -0.1) is 23.7 Å². The average Bonchev–Trinajstić information content (AvgIpc) is 2.84. The molecule has 2 N–H and O–H groups in total. The molecule has 0 aliphatic carbocycles.